The summed E-state index contributed by atoms with van der Waals surface area (Å²) in [5, 5.41) is 0. The maximum Gasteiger partial charge on any atom is 0.248 e. The number of nitrogens with two attached hydrogens (primary N) is 2. The molecule has 4 rings (SSSR count). The van der Waals surface area contributed by atoms with Crippen LogP contribution in [0.15, 0.2) is 60.8 Å². The summed E-state index contributed by atoms with van der Waals surface area (Å²) < 4.78 is 11.9. The Labute approximate surface area is 167 Å². The quantitative estimate of drug-likeness (QED) is 0.693. The zero-order chi connectivity index (χ0) is 20.4. The van der Waals surface area contributed by atoms with Crippen LogP contribution in [0.1, 0.15) is 44.4 Å². The van der Waals surface area contributed by atoms with Crippen LogP contribution >= 0.6 is 0 Å². The molecule has 0 fully saturated rings. The van der Waals surface area contributed by atoms with Crippen LogP contribution in [0.3, 0.4) is 0 Å². The number of hydrogen-bond acceptors (Lipinski definition) is 6. The van der Waals surface area contributed by atoms with Crippen LogP contribution in [-0.4, -0.2) is 23.3 Å². The van der Waals surface area contributed by atoms with Crippen LogP contribution < -0.4 is 20.9 Å². The first-order valence-corrected chi connectivity index (χ1v) is 9.09. The van der Waals surface area contributed by atoms with E-state index in [-0.39, 0.29) is 5.78 Å². The maximum atomic E-state index is 12.0. The molecule has 2 aromatic carbocycles. The van der Waals surface area contributed by atoms with E-state index in [1.54, 1.807) is 60.8 Å². The van der Waals surface area contributed by atoms with Crippen molar-refractivity contribution in [2.75, 3.05) is 12.3 Å². The van der Waals surface area contributed by atoms with E-state index in [1.165, 1.54) is 0 Å². The van der Waals surface area contributed by atoms with Crippen LogP contribution in [0.25, 0.3) is 0 Å². The second-order valence-electron chi connectivity index (χ2n) is 6.68. The molecule has 1 amide bonds. The van der Waals surface area contributed by atoms with Crippen LogP contribution in [-0.2, 0) is 0 Å². The molecule has 3 aromatic rings. The number of anilines is 1. The first-order chi connectivity index (χ1) is 14.0. The largest absolute Gasteiger partial charge is 0.492 e. The van der Waals surface area contributed by atoms with E-state index >= 15 is 0 Å². The summed E-state index contributed by atoms with van der Waals surface area (Å²) in [4.78, 5) is 27.4. The third-order valence-corrected chi connectivity index (χ3v) is 4.70. The molecule has 1 atom stereocenters. The fourth-order valence-electron chi connectivity index (χ4n) is 3.23. The maximum absolute atomic E-state index is 12.0. The molecule has 0 saturated carbocycles. The number of amides is 1. The predicted molar refractivity (Wildman–Crippen MR) is 107 cm³/mol. The van der Waals surface area contributed by atoms with Gasteiger partial charge in [0.05, 0.1) is 12.2 Å². The molecule has 0 saturated heterocycles. The summed E-state index contributed by atoms with van der Waals surface area (Å²) in [6.45, 7) is 0.355. The molecular weight excluding hydrogens is 370 g/mol. The molecule has 0 radical (unpaired) electrons. The second kappa shape index (κ2) is 7.63. The van der Waals surface area contributed by atoms with Gasteiger partial charge in [-0.25, -0.2) is 4.98 Å². The standard InChI is InChI=1S/C22H19N3O4/c23-20-11-15(7-9-25-20)21(13-1-3-14(4-2-13)22(24)27)29-16-5-6-17-18(26)8-10-28-19(17)12-16/h1-7,9,11-12,21H,8,10H2,(H2,23,25)(H2,24,27)/t21-/m0/s1. The van der Waals surface area contributed by atoms with Gasteiger partial charge >= 0.3 is 0 Å². The highest BCUT2D eigenvalue weighted by Crippen LogP contribution is 2.34. The Morgan fingerprint density at radius 2 is 1.86 bits per heavy atom. The highest BCUT2D eigenvalue weighted by molar-refractivity contribution is 5.99. The number of rotatable bonds is 5. The highest BCUT2D eigenvalue weighted by Gasteiger charge is 2.22. The number of primary amides is 1. The number of aromatic nitrogens is 1. The van der Waals surface area contributed by atoms with Crippen LogP contribution in [0.2, 0.25) is 0 Å². The molecule has 4 N–H and O–H groups in total. The van der Waals surface area contributed by atoms with Gasteiger partial charge in [-0.2, -0.15) is 0 Å². The lowest BCUT2D eigenvalue weighted by atomic mass is 10.00. The Kier molecular flexibility index (Phi) is 4.87. The molecular formula is C22H19N3O4. The fraction of sp³-hybridized carbons (Fsp3) is 0.136. The Balaban J connectivity index is 1.71. The molecule has 29 heavy (non-hydrogen) atoms. The number of carbonyl (C=O) groups is 2. The fourth-order valence-corrected chi connectivity index (χ4v) is 3.23. The summed E-state index contributed by atoms with van der Waals surface area (Å²) in [5.41, 5.74) is 13.7. The summed E-state index contributed by atoms with van der Waals surface area (Å²) in [5.74, 6) is 0.967. The SMILES string of the molecule is NC(=O)c1ccc([C@H](Oc2ccc3c(c2)OCCC3=O)c2ccnc(N)c2)cc1. The van der Waals surface area contributed by atoms with Crippen molar-refractivity contribution in [1.29, 1.82) is 0 Å². The molecule has 1 aliphatic rings. The minimum atomic E-state index is -0.514. The van der Waals surface area contributed by atoms with Crippen molar-refractivity contribution in [3.63, 3.8) is 0 Å². The third kappa shape index (κ3) is 3.89. The van der Waals surface area contributed by atoms with Crippen molar-refractivity contribution < 1.29 is 19.1 Å². The van der Waals surface area contributed by atoms with Gasteiger partial charge in [0.1, 0.15) is 23.4 Å². The average molecular weight is 389 g/mol. The number of ketones is 1. The van der Waals surface area contributed by atoms with Gasteiger partial charge < -0.3 is 20.9 Å². The smallest absolute Gasteiger partial charge is 0.248 e. The number of hydrogen-bond donors (Lipinski definition) is 2. The Hall–Kier alpha value is -3.87. The molecule has 1 aliphatic heterocycles. The number of pyridine rings is 1. The monoisotopic (exact) mass is 389 g/mol. The molecule has 0 bridgehead atoms. The second-order valence-corrected chi connectivity index (χ2v) is 6.68. The van der Waals surface area contributed by atoms with Crippen molar-refractivity contribution in [3.05, 3.63) is 83.0 Å². The van der Waals surface area contributed by atoms with Gasteiger partial charge in [0.15, 0.2) is 5.78 Å². The molecule has 146 valence electrons. The zero-order valence-electron chi connectivity index (χ0n) is 15.5. The van der Waals surface area contributed by atoms with Gasteiger partial charge in [-0.3, -0.25) is 9.59 Å². The van der Waals surface area contributed by atoms with E-state index in [4.69, 9.17) is 20.9 Å². The van der Waals surface area contributed by atoms with Gasteiger partial charge in [-0.05, 0) is 42.0 Å². The zero-order valence-corrected chi connectivity index (χ0v) is 15.5. The third-order valence-electron chi connectivity index (χ3n) is 4.70. The van der Waals surface area contributed by atoms with Crippen LogP contribution in [0, 0.1) is 0 Å². The van der Waals surface area contributed by atoms with Gasteiger partial charge in [-0.15, -0.1) is 0 Å². The van der Waals surface area contributed by atoms with Gasteiger partial charge in [0, 0.05) is 29.8 Å². The minimum absolute atomic E-state index is 0.0540. The Bertz CT molecular complexity index is 1080. The predicted octanol–water partition coefficient (Wildman–Crippen LogP) is 2.90. The van der Waals surface area contributed by atoms with E-state index in [9.17, 15) is 9.59 Å². The summed E-state index contributed by atoms with van der Waals surface area (Å²) >= 11 is 0. The summed E-state index contributed by atoms with van der Waals surface area (Å²) in [6.07, 6.45) is 1.46. The molecule has 2 heterocycles. The van der Waals surface area contributed by atoms with E-state index in [2.05, 4.69) is 4.98 Å². The van der Waals surface area contributed by atoms with Crippen molar-refractivity contribution in [2.24, 2.45) is 5.73 Å². The summed E-state index contributed by atoms with van der Waals surface area (Å²) in [6, 6.07) is 15.5. The normalized spacial score (nSPS) is 13.9. The average Bonchev–Trinajstić information content (AvgIpc) is 2.72. The first-order valence-electron chi connectivity index (χ1n) is 9.09. The molecule has 7 nitrogen and oxygen atoms in total. The molecule has 7 heteroatoms. The van der Waals surface area contributed by atoms with Crippen molar-refractivity contribution in [1.82, 2.24) is 4.98 Å². The highest BCUT2D eigenvalue weighted by atomic mass is 16.5. The van der Waals surface area contributed by atoms with E-state index in [1.807, 2.05) is 0 Å². The number of benzene rings is 2. The number of carbonyl (C=O) groups excluding carboxylic acids is 2. The molecule has 1 aromatic heterocycles. The lowest BCUT2D eigenvalue weighted by Gasteiger charge is -2.22. The van der Waals surface area contributed by atoms with Crippen LogP contribution in [0.4, 0.5) is 5.82 Å². The first kappa shape index (κ1) is 18.5. The van der Waals surface area contributed by atoms with E-state index in [0.29, 0.717) is 41.5 Å². The van der Waals surface area contributed by atoms with Gasteiger partial charge in [-0.1, -0.05) is 12.1 Å². The van der Waals surface area contributed by atoms with Crippen LogP contribution in [0.5, 0.6) is 11.5 Å². The number of ether oxygens (including phenoxy) is 2. The van der Waals surface area contributed by atoms with Crippen molar-refractivity contribution in [2.45, 2.75) is 12.5 Å². The van der Waals surface area contributed by atoms with Crippen molar-refractivity contribution in [3.8, 4) is 11.5 Å². The Morgan fingerprint density at radius 1 is 1.07 bits per heavy atom. The van der Waals surface area contributed by atoms with Crippen molar-refractivity contribution >= 4 is 17.5 Å². The van der Waals surface area contributed by atoms with E-state index in [0.717, 1.165) is 11.1 Å². The molecule has 0 unspecified atom stereocenters. The lowest BCUT2D eigenvalue weighted by Crippen LogP contribution is -2.16. The molecule has 0 aliphatic carbocycles. The number of fused-ring (bicyclic) bond motifs is 1. The topological polar surface area (TPSA) is 118 Å². The summed E-state index contributed by atoms with van der Waals surface area (Å²) in [7, 11) is 0. The lowest BCUT2D eigenvalue weighted by molar-refractivity contribution is 0.0932. The van der Waals surface area contributed by atoms with Gasteiger partial charge in [0.25, 0.3) is 0 Å². The molecule has 0 spiro atoms. The number of nitrogen functional groups attached to an aromatic ring is 1. The van der Waals surface area contributed by atoms with E-state index < -0.39 is 12.0 Å². The number of nitrogens with zero attached hydrogens (tertiary/aromatic N) is 1. The number of Topliss-reactive ketones (excluding diaryl/α,β-unsaturated/α-hetero) is 1. The Morgan fingerprint density at radius 3 is 2.59 bits per heavy atom. The minimum Gasteiger partial charge on any atom is -0.492 e. The van der Waals surface area contributed by atoms with Gasteiger partial charge in [0.2, 0.25) is 5.91 Å².